The first-order valence-corrected chi connectivity index (χ1v) is 4.90. The van der Waals surface area contributed by atoms with Crippen LogP contribution in [-0.2, 0) is 0 Å². The third kappa shape index (κ3) is 2.99. The molecule has 0 spiro atoms. The molecule has 0 aliphatic carbocycles. The summed E-state index contributed by atoms with van der Waals surface area (Å²) in [5.41, 5.74) is 1.19. The Bertz CT molecular complexity index is 444. The Morgan fingerprint density at radius 3 is 2.94 bits per heavy atom. The van der Waals surface area contributed by atoms with Crippen LogP contribution in [0.4, 0.5) is 0 Å². The van der Waals surface area contributed by atoms with Crippen molar-refractivity contribution in [2.45, 2.75) is 13.8 Å². The van der Waals surface area contributed by atoms with E-state index in [1.165, 1.54) is 6.20 Å². The van der Waals surface area contributed by atoms with E-state index in [1.54, 1.807) is 20.0 Å². The van der Waals surface area contributed by atoms with E-state index in [1.807, 2.05) is 6.92 Å². The molecule has 1 N–H and O–H groups in total. The second-order valence-electron chi connectivity index (χ2n) is 3.13. The van der Waals surface area contributed by atoms with Crippen LogP contribution in [0.1, 0.15) is 23.0 Å². The van der Waals surface area contributed by atoms with Gasteiger partial charge in [0, 0.05) is 7.05 Å². The topological polar surface area (TPSA) is 51.2 Å². The average Bonchev–Trinajstić information content (AvgIpc) is 2.29. The number of amides is 1. The molecule has 16 heavy (non-hydrogen) atoms. The molecule has 0 saturated heterocycles. The lowest BCUT2D eigenvalue weighted by Crippen LogP contribution is -2.20. The van der Waals surface area contributed by atoms with Crippen LogP contribution in [0.15, 0.2) is 12.3 Å². The smallest absolute Gasteiger partial charge is 0.269 e. The third-order valence-corrected chi connectivity index (χ3v) is 1.98. The lowest BCUT2D eigenvalue weighted by molar-refractivity contribution is 0.0957. The second kappa shape index (κ2) is 5.76. The Morgan fingerprint density at radius 1 is 1.62 bits per heavy atom. The Hall–Kier alpha value is -2.02. The largest absolute Gasteiger partial charge is 0.479 e. The summed E-state index contributed by atoms with van der Waals surface area (Å²) >= 11 is 0. The number of ether oxygens (including phenoxy) is 1. The van der Waals surface area contributed by atoms with Crippen LogP contribution in [-0.4, -0.2) is 24.5 Å². The first kappa shape index (κ1) is 12.1. The predicted molar refractivity (Wildman–Crippen MR) is 61.3 cm³/mol. The van der Waals surface area contributed by atoms with Gasteiger partial charge in [-0.1, -0.05) is 5.92 Å². The van der Waals surface area contributed by atoms with E-state index in [0.29, 0.717) is 18.1 Å². The minimum atomic E-state index is -0.197. The van der Waals surface area contributed by atoms with Crippen LogP contribution in [0.2, 0.25) is 0 Å². The number of aromatic nitrogens is 1. The highest BCUT2D eigenvalue weighted by atomic mass is 16.5. The molecule has 1 aromatic rings. The number of rotatable bonds is 3. The van der Waals surface area contributed by atoms with Gasteiger partial charge in [-0.3, -0.25) is 4.79 Å². The maximum atomic E-state index is 11.4. The molecular weight excluding hydrogens is 204 g/mol. The zero-order chi connectivity index (χ0) is 12.0. The SMILES string of the molecule is CC#CCOc1cnc(C(=O)NC)c(C)c1. The van der Waals surface area contributed by atoms with E-state index in [-0.39, 0.29) is 5.91 Å². The molecule has 4 heteroatoms. The molecule has 0 aromatic carbocycles. The lowest BCUT2D eigenvalue weighted by Gasteiger charge is -2.06. The van der Waals surface area contributed by atoms with Crippen molar-refractivity contribution in [3.05, 3.63) is 23.5 Å². The maximum absolute atomic E-state index is 11.4. The summed E-state index contributed by atoms with van der Waals surface area (Å²) in [4.78, 5) is 15.4. The van der Waals surface area contributed by atoms with Crippen molar-refractivity contribution in [3.8, 4) is 17.6 Å². The van der Waals surface area contributed by atoms with Crippen molar-refractivity contribution < 1.29 is 9.53 Å². The predicted octanol–water partition coefficient (Wildman–Crippen LogP) is 1.15. The van der Waals surface area contributed by atoms with Gasteiger partial charge in [-0.15, -0.1) is 5.92 Å². The molecule has 1 aromatic heterocycles. The second-order valence-corrected chi connectivity index (χ2v) is 3.13. The molecule has 0 atom stereocenters. The lowest BCUT2D eigenvalue weighted by atomic mass is 10.2. The van der Waals surface area contributed by atoms with Crippen molar-refractivity contribution >= 4 is 5.91 Å². The summed E-state index contributed by atoms with van der Waals surface area (Å²) in [6, 6.07) is 1.77. The summed E-state index contributed by atoms with van der Waals surface area (Å²) in [5, 5.41) is 2.53. The summed E-state index contributed by atoms with van der Waals surface area (Å²) < 4.78 is 5.33. The molecule has 0 unspecified atom stereocenters. The zero-order valence-electron chi connectivity index (χ0n) is 9.63. The van der Waals surface area contributed by atoms with Crippen LogP contribution in [0.3, 0.4) is 0 Å². The Morgan fingerprint density at radius 2 is 2.38 bits per heavy atom. The van der Waals surface area contributed by atoms with Crippen molar-refractivity contribution in [3.63, 3.8) is 0 Å². The minimum Gasteiger partial charge on any atom is -0.479 e. The molecule has 1 amide bonds. The van der Waals surface area contributed by atoms with Crippen LogP contribution >= 0.6 is 0 Å². The zero-order valence-corrected chi connectivity index (χ0v) is 9.63. The normalized spacial score (nSPS) is 8.94. The molecule has 1 rings (SSSR count). The highest BCUT2D eigenvalue weighted by Crippen LogP contribution is 2.14. The molecule has 0 fully saturated rings. The van der Waals surface area contributed by atoms with E-state index in [2.05, 4.69) is 22.1 Å². The highest BCUT2D eigenvalue weighted by Gasteiger charge is 2.09. The van der Waals surface area contributed by atoms with Gasteiger partial charge in [-0.2, -0.15) is 0 Å². The Labute approximate surface area is 95.0 Å². The number of nitrogens with one attached hydrogen (secondary N) is 1. The van der Waals surface area contributed by atoms with E-state index in [4.69, 9.17) is 4.74 Å². The fourth-order valence-corrected chi connectivity index (χ4v) is 1.18. The van der Waals surface area contributed by atoms with Gasteiger partial charge in [0.1, 0.15) is 18.1 Å². The number of hydrogen-bond donors (Lipinski definition) is 1. The van der Waals surface area contributed by atoms with Gasteiger partial charge in [0.2, 0.25) is 0 Å². The number of aryl methyl sites for hydroxylation is 1. The Kier molecular flexibility index (Phi) is 4.34. The molecule has 84 valence electrons. The number of hydrogen-bond acceptors (Lipinski definition) is 3. The minimum absolute atomic E-state index is 0.197. The van der Waals surface area contributed by atoms with Gasteiger partial charge in [0.15, 0.2) is 0 Å². The van der Waals surface area contributed by atoms with Crippen LogP contribution in [0.5, 0.6) is 5.75 Å². The summed E-state index contributed by atoms with van der Waals surface area (Å²) in [7, 11) is 1.57. The van der Waals surface area contributed by atoms with Gasteiger partial charge in [0.25, 0.3) is 5.91 Å². The summed E-state index contributed by atoms with van der Waals surface area (Å²) in [6.07, 6.45) is 1.52. The first-order chi connectivity index (χ1) is 7.69. The first-order valence-electron chi connectivity index (χ1n) is 4.90. The van der Waals surface area contributed by atoms with Crippen molar-refractivity contribution in [2.75, 3.05) is 13.7 Å². The molecule has 1 heterocycles. The number of pyridine rings is 1. The molecule has 0 radical (unpaired) electrons. The van der Waals surface area contributed by atoms with Crippen molar-refractivity contribution in [1.29, 1.82) is 0 Å². The van der Waals surface area contributed by atoms with Crippen molar-refractivity contribution in [2.24, 2.45) is 0 Å². The van der Waals surface area contributed by atoms with E-state index >= 15 is 0 Å². The highest BCUT2D eigenvalue weighted by molar-refractivity contribution is 5.93. The summed E-state index contributed by atoms with van der Waals surface area (Å²) in [5.74, 6) is 5.94. The van der Waals surface area contributed by atoms with Gasteiger partial charge in [0.05, 0.1) is 6.20 Å². The molecule has 4 nitrogen and oxygen atoms in total. The van der Waals surface area contributed by atoms with Crippen LogP contribution in [0.25, 0.3) is 0 Å². The molecule has 0 saturated carbocycles. The van der Waals surface area contributed by atoms with Crippen molar-refractivity contribution in [1.82, 2.24) is 10.3 Å². The van der Waals surface area contributed by atoms with Crippen LogP contribution in [0, 0.1) is 18.8 Å². The number of carbonyl (C=O) groups is 1. The third-order valence-electron chi connectivity index (χ3n) is 1.98. The van der Waals surface area contributed by atoms with E-state index in [9.17, 15) is 4.79 Å². The van der Waals surface area contributed by atoms with Gasteiger partial charge in [-0.05, 0) is 25.5 Å². The van der Waals surface area contributed by atoms with Crippen LogP contribution < -0.4 is 10.1 Å². The summed E-state index contributed by atoms with van der Waals surface area (Å²) in [6.45, 7) is 3.90. The fourth-order valence-electron chi connectivity index (χ4n) is 1.18. The quantitative estimate of drug-likeness (QED) is 0.774. The number of nitrogens with zero attached hydrogens (tertiary/aromatic N) is 1. The van der Waals surface area contributed by atoms with E-state index < -0.39 is 0 Å². The van der Waals surface area contributed by atoms with Gasteiger partial charge >= 0.3 is 0 Å². The molecule has 0 aliphatic rings. The van der Waals surface area contributed by atoms with E-state index in [0.717, 1.165) is 5.56 Å². The molecule has 0 bridgehead atoms. The van der Waals surface area contributed by atoms with Gasteiger partial charge in [-0.25, -0.2) is 4.98 Å². The Balaban J connectivity index is 2.81. The fraction of sp³-hybridized carbons (Fsp3) is 0.333. The van der Waals surface area contributed by atoms with Gasteiger partial charge < -0.3 is 10.1 Å². The number of carbonyl (C=O) groups excluding carboxylic acids is 1. The molecular formula is C12H14N2O2. The molecule has 0 aliphatic heterocycles. The maximum Gasteiger partial charge on any atom is 0.269 e. The standard InChI is InChI=1S/C12H14N2O2/c1-4-5-6-16-10-7-9(2)11(14-8-10)12(15)13-3/h7-8H,6H2,1-3H3,(H,13,15). The average molecular weight is 218 g/mol. The monoisotopic (exact) mass is 218 g/mol.